The number of hydrogen-bond donors (Lipinski definition) is 1. The van der Waals surface area contributed by atoms with Gasteiger partial charge in [0.1, 0.15) is 3.70 Å². The second-order valence-electron chi connectivity index (χ2n) is 3.03. The van der Waals surface area contributed by atoms with Crippen molar-refractivity contribution in [2.45, 2.75) is 12.9 Å². The lowest BCUT2D eigenvalue weighted by atomic mass is 10.1. The lowest BCUT2D eigenvalue weighted by Gasteiger charge is -2.12. The summed E-state index contributed by atoms with van der Waals surface area (Å²) >= 11 is 1.61. The summed E-state index contributed by atoms with van der Waals surface area (Å²) in [6.07, 6.45) is -4.85. The zero-order valence-corrected chi connectivity index (χ0v) is 11.2. The zero-order chi connectivity index (χ0) is 13.9. The summed E-state index contributed by atoms with van der Waals surface area (Å²) in [5.74, 6) is -1.38. The molecule has 1 aromatic rings. The number of alkyl halides is 3. The van der Waals surface area contributed by atoms with Gasteiger partial charge in [-0.05, 0) is 28.2 Å². The van der Waals surface area contributed by atoms with Crippen LogP contribution >= 0.6 is 22.6 Å². The third-order valence-corrected chi connectivity index (χ3v) is 2.64. The van der Waals surface area contributed by atoms with Crippen LogP contribution in [0.3, 0.4) is 0 Å². The van der Waals surface area contributed by atoms with E-state index in [2.05, 4.69) is 14.5 Å². The number of nitrogens with two attached hydrogens (primary N) is 1. The number of esters is 1. The largest absolute Gasteiger partial charge is 0.574 e. The second-order valence-corrected chi connectivity index (χ2v) is 4.05. The predicted octanol–water partition coefficient (Wildman–Crippen LogP) is 1.83. The predicted molar refractivity (Wildman–Crippen MR) is 62.9 cm³/mol. The maximum Gasteiger partial charge on any atom is 0.574 e. The molecule has 0 amide bonds. The van der Waals surface area contributed by atoms with Crippen LogP contribution in [0.4, 0.5) is 13.2 Å². The summed E-state index contributed by atoms with van der Waals surface area (Å²) in [4.78, 5) is 14.9. The fraction of sp³-hybridized carbons (Fsp3) is 0.333. The van der Waals surface area contributed by atoms with Crippen molar-refractivity contribution in [3.63, 3.8) is 0 Å². The Labute approximate surface area is 114 Å². The molecule has 0 aromatic carbocycles. The van der Waals surface area contributed by atoms with Crippen molar-refractivity contribution in [3.8, 4) is 5.88 Å². The quantitative estimate of drug-likeness (QED) is 0.495. The van der Waals surface area contributed by atoms with E-state index in [-0.39, 0.29) is 21.4 Å². The standard InChI is InChI=1S/C9H8F3IN2O3/c1-17-8(16)6-4(3-14)2-5(15-7(6)13)18-9(10,11)12/h2H,3,14H2,1H3. The maximum absolute atomic E-state index is 12.0. The molecule has 0 saturated heterocycles. The summed E-state index contributed by atoms with van der Waals surface area (Å²) in [6.45, 7) is -0.142. The minimum absolute atomic E-state index is 0.0293. The molecule has 18 heavy (non-hydrogen) atoms. The first-order chi connectivity index (χ1) is 8.28. The van der Waals surface area contributed by atoms with Crippen LogP contribution in [0.1, 0.15) is 15.9 Å². The van der Waals surface area contributed by atoms with Crippen LogP contribution in [0.15, 0.2) is 6.07 Å². The molecule has 9 heteroatoms. The number of ether oxygens (including phenoxy) is 2. The molecule has 0 saturated carbocycles. The molecule has 1 aromatic heterocycles. The van der Waals surface area contributed by atoms with E-state index in [0.29, 0.717) is 0 Å². The first-order valence-electron chi connectivity index (χ1n) is 4.52. The second kappa shape index (κ2) is 5.69. The van der Waals surface area contributed by atoms with Crippen LogP contribution in [0, 0.1) is 3.70 Å². The summed E-state index contributed by atoms with van der Waals surface area (Å²) in [5, 5.41) is 0. The Hall–Kier alpha value is -1.10. The smallest absolute Gasteiger partial charge is 0.465 e. The summed E-state index contributed by atoms with van der Waals surface area (Å²) < 4.78 is 44.3. The molecule has 1 heterocycles. The van der Waals surface area contributed by atoms with Gasteiger partial charge in [-0.3, -0.25) is 0 Å². The van der Waals surface area contributed by atoms with E-state index in [0.717, 1.165) is 13.2 Å². The Kier molecular flexibility index (Phi) is 4.73. The lowest BCUT2D eigenvalue weighted by molar-refractivity contribution is -0.276. The molecule has 0 aliphatic carbocycles. The van der Waals surface area contributed by atoms with Gasteiger partial charge in [-0.15, -0.1) is 13.2 Å². The van der Waals surface area contributed by atoms with Gasteiger partial charge in [0.25, 0.3) is 0 Å². The van der Waals surface area contributed by atoms with E-state index in [9.17, 15) is 18.0 Å². The SMILES string of the molecule is COC(=O)c1c(CN)cc(OC(F)(F)F)nc1I. The van der Waals surface area contributed by atoms with Gasteiger partial charge in [-0.2, -0.15) is 0 Å². The number of halogens is 4. The molecule has 100 valence electrons. The molecule has 1 rings (SSSR count). The number of methoxy groups -OCH3 is 1. The van der Waals surface area contributed by atoms with Crippen molar-refractivity contribution < 1.29 is 27.4 Å². The van der Waals surface area contributed by atoms with Crippen LogP contribution in [0.25, 0.3) is 0 Å². The van der Waals surface area contributed by atoms with Gasteiger partial charge in [0.2, 0.25) is 5.88 Å². The van der Waals surface area contributed by atoms with Crippen LogP contribution in [0.2, 0.25) is 0 Å². The van der Waals surface area contributed by atoms with Crippen molar-refractivity contribution in [1.29, 1.82) is 0 Å². The number of nitrogens with zero attached hydrogens (tertiary/aromatic N) is 1. The molecule has 0 aliphatic heterocycles. The molecule has 0 radical (unpaired) electrons. The fourth-order valence-corrected chi connectivity index (χ4v) is 1.99. The Balaban J connectivity index is 3.23. The minimum Gasteiger partial charge on any atom is -0.465 e. The number of pyridine rings is 1. The molecule has 0 aliphatic rings. The van der Waals surface area contributed by atoms with Crippen LogP contribution in [0.5, 0.6) is 5.88 Å². The fourth-order valence-electron chi connectivity index (χ4n) is 1.19. The Morgan fingerprint density at radius 1 is 1.56 bits per heavy atom. The van der Waals surface area contributed by atoms with E-state index < -0.39 is 18.2 Å². The average molecular weight is 376 g/mol. The highest BCUT2D eigenvalue weighted by molar-refractivity contribution is 14.1. The number of carbonyl (C=O) groups is 1. The van der Waals surface area contributed by atoms with E-state index >= 15 is 0 Å². The Morgan fingerprint density at radius 3 is 2.61 bits per heavy atom. The lowest BCUT2D eigenvalue weighted by Crippen LogP contribution is -2.20. The molecule has 0 unspecified atom stereocenters. The number of hydrogen-bond acceptors (Lipinski definition) is 5. The van der Waals surface area contributed by atoms with Crippen LogP contribution in [-0.2, 0) is 11.3 Å². The summed E-state index contributed by atoms with van der Waals surface area (Å²) in [5.41, 5.74) is 5.57. The molecule has 0 bridgehead atoms. The highest BCUT2D eigenvalue weighted by Gasteiger charge is 2.32. The Bertz CT molecular complexity index is 465. The number of carbonyl (C=O) groups excluding carboxylic acids is 1. The Morgan fingerprint density at radius 2 is 2.17 bits per heavy atom. The van der Waals surface area contributed by atoms with Gasteiger partial charge in [0.15, 0.2) is 0 Å². The van der Waals surface area contributed by atoms with E-state index in [4.69, 9.17) is 5.73 Å². The molecule has 2 N–H and O–H groups in total. The minimum atomic E-state index is -4.85. The van der Waals surface area contributed by atoms with Crippen molar-refractivity contribution in [2.75, 3.05) is 7.11 Å². The van der Waals surface area contributed by atoms with E-state index in [1.165, 1.54) is 0 Å². The molecular weight excluding hydrogens is 368 g/mol. The summed E-state index contributed by atoms with van der Waals surface area (Å²) in [6, 6.07) is 0.960. The summed E-state index contributed by atoms with van der Waals surface area (Å²) in [7, 11) is 1.15. The normalized spacial score (nSPS) is 11.2. The average Bonchev–Trinajstić information content (AvgIpc) is 2.24. The molecule has 0 fully saturated rings. The monoisotopic (exact) mass is 376 g/mol. The van der Waals surface area contributed by atoms with Crippen LogP contribution in [-0.4, -0.2) is 24.4 Å². The van der Waals surface area contributed by atoms with E-state index in [1.54, 1.807) is 22.6 Å². The highest BCUT2D eigenvalue weighted by atomic mass is 127. The first kappa shape index (κ1) is 15.0. The molecule has 5 nitrogen and oxygen atoms in total. The van der Waals surface area contributed by atoms with Crippen molar-refractivity contribution in [2.24, 2.45) is 5.73 Å². The van der Waals surface area contributed by atoms with Gasteiger partial charge in [0.05, 0.1) is 12.7 Å². The topological polar surface area (TPSA) is 74.4 Å². The zero-order valence-electron chi connectivity index (χ0n) is 9.05. The molecule has 0 spiro atoms. The number of rotatable bonds is 3. The van der Waals surface area contributed by atoms with Gasteiger partial charge >= 0.3 is 12.3 Å². The van der Waals surface area contributed by atoms with E-state index in [1.807, 2.05) is 0 Å². The van der Waals surface area contributed by atoms with Gasteiger partial charge in [-0.25, -0.2) is 9.78 Å². The van der Waals surface area contributed by atoms with Gasteiger partial charge in [-0.1, -0.05) is 0 Å². The molecular formula is C9H8F3IN2O3. The van der Waals surface area contributed by atoms with Crippen molar-refractivity contribution in [3.05, 3.63) is 20.9 Å². The maximum atomic E-state index is 12.0. The van der Waals surface area contributed by atoms with Crippen molar-refractivity contribution in [1.82, 2.24) is 4.98 Å². The molecule has 0 atom stereocenters. The third-order valence-electron chi connectivity index (χ3n) is 1.86. The third kappa shape index (κ3) is 3.70. The highest BCUT2D eigenvalue weighted by Crippen LogP contribution is 2.26. The van der Waals surface area contributed by atoms with Gasteiger partial charge in [0, 0.05) is 12.6 Å². The van der Waals surface area contributed by atoms with Gasteiger partial charge < -0.3 is 15.2 Å². The number of aromatic nitrogens is 1. The van der Waals surface area contributed by atoms with Crippen molar-refractivity contribution >= 4 is 28.6 Å². The first-order valence-corrected chi connectivity index (χ1v) is 5.60. The van der Waals surface area contributed by atoms with Crippen LogP contribution < -0.4 is 10.5 Å².